The summed E-state index contributed by atoms with van der Waals surface area (Å²) in [5.41, 5.74) is 5.29. The molecule has 0 aliphatic rings. The summed E-state index contributed by atoms with van der Waals surface area (Å²) in [5, 5.41) is 0.448. The summed E-state index contributed by atoms with van der Waals surface area (Å²) in [6.45, 7) is 0. The molecule has 6 heteroatoms. The summed E-state index contributed by atoms with van der Waals surface area (Å²) in [6, 6.07) is 5.36. The van der Waals surface area contributed by atoms with Gasteiger partial charge in [-0.15, -0.1) is 0 Å². The quantitative estimate of drug-likeness (QED) is 0.561. The highest BCUT2D eigenvalue weighted by molar-refractivity contribution is 6.16. The van der Waals surface area contributed by atoms with Crippen LogP contribution in [0.1, 0.15) is 15.9 Å². The van der Waals surface area contributed by atoms with E-state index in [1.165, 1.54) is 24.4 Å². The molecule has 106 valence electrons. The van der Waals surface area contributed by atoms with Crippen LogP contribution in [-0.2, 0) is 0 Å². The summed E-state index contributed by atoms with van der Waals surface area (Å²) in [6.07, 6.45) is 1.35. The van der Waals surface area contributed by atoms with Crippen LogP contribution in [0.2, 0.25) is 0 Å². The van der Waals surface area contributed by atoms with Crippen LogP contribution in [0.4, 0.5) is 18.9 Å². The molecule has 0 aliphatic heterocycles. The molecular formula is C15H9F3N2O. The lowest BCUT2D eigenvalue weighted by Gasteiger charge is -2.04. The number of ketones is 1. The number of carbonyl (C=O) groups excluding carboxylic acids is 1. The van der Waals surface area contributed by atoms with Crippen LogP contribution < -0.4 is 5.73 Å². The van der Waals surface area contributed by atoms with E-state index < -0.39 is 23.2 Å². The molecule has 3 aromatic rings. The highest BCUT2D eigenvalue weighted by atomic mass is 19.1. The maximum Gasteiger partial charge on any atom is 0.198 e. The van der Waals surface area contributed by atoms with E-state index in [1.807, 2.05) is 0 Å². The number of benzene rings is 2. The lowest BCUT2D eigenvalue weighted by atomic mass is 10.0. The normalized spacial score (nSPS) is 11.0. The number of aromatic nitrogens is 1. The zero-order valence-electron chi connectivity index (χ0n) is 10.6. The average molecular weight is 290 g/mol. The first kappa shape index (κ1) is 13.2. The second-order valence-corrected chi connectivity index (χ2v) is 4.57. The van der Waals surface area contributed by atoms with Crippen molar-refractivity contribution < 1.29 is 18.0 Å². The monoisotopic (exact) mass is 290 g/mol. The number of hydrogen-bond donors (Lipinski definition) is 2. The number of nitrogen functional groups attached to an aromatic ring is 1. The van der Waals surface area contributed by atoms with Gasteiger partial charge >= 0.3 is 0 Å². The second kappa shape index (κ2) is 4.66. The lowest BCUT2D eigenvalue weighted by Crippen LogP contribution is -2.06. The first-order chi connectivity index (χ1) is 9.97. The van der Waals surface area contributed by atoms with Crippen molar-refractivity contribution in [3.8, 4) is 0 Å². The van der Waals surface area contributed by atoms with Crippen LogP contribution in [0.25, 0.3) is 10.9 Å². The van der Waals surface area contributed by atoms with Crippen molar-refractivity contribution in [3.05, 3.63) is 65.1 Å². The molecular weight excluding hydrogens is 281 g/mol. The van der Waals surface area contributed by atoms with E-state index in [9.17, 15) is 18.0 Å². The van der Waals surface area contributed by atoms with Crippen molar-refractivity contribution in [1.29, 1.82) is 0 Å². The molecule has 0 spiro atoms. The van der Waals surface area contributed by atoms with Gasteiger partial charge in [-0.1, -0.05) is 0 Å². The van der Waals surface area contributed by atoms with Crippen molar-refractivity contribution in [3.63, 3.8) is 0 Å². The fourth-order valence-electron chi connectivity index (χ4n) is 2.17. The minimum absolute atomic E-state index is 0.162. The van der Waals surface area contributed by atoms with Crippen LogP contribution in [0, 0.1) is 17.5 Å². The van der Waals surface area contributed by atoms with E-state index in [0.29, 0.717) is 17.0 Å². The van der Waals surface area contributed by atoms with Crippen LogP contribution in [-0.4, -0.2) is 10.8 Å². The Balaban J connectivity index is 2.15. The van der Waals surface area contributed by atoms with Gasteiger partial charge in [0.2, 0.25) is 0 Å². The number of anilines is 1. The Morgan fingerprint density at radius 1 is 1.00 bits per heavy atom. The van der Waals surface area contributed by atoms with Gasteiger partial charge < -0.3 is 10.7 Å². The summed E-state index contributed by atoms with van der Waals surface area (Å²) in [4.78, 5) is 15.1. The van der Waals surface area contributed by atoms with E-state index in [2.05, 4.69) is 4.98 Å². The molecule has 21 heavy (non-hydrogen) atoms. The first-order valence-electron chi connectivity index (χ1n) is 6.03. The minimum atomic E-state index is -0.997. The molecule has 0 radical (unpaired) electrons. The highest BCUT2D eigenvalue weighted by Crippen LogP contribution is 2.25. The number of nitrogens with two attached hydrogens (primary N) is 1. The number of halogens is 3. The third-order valence-electron chi connectivity index (χ3n) is 3.22. The Labute approximate surface area is 117 Å². The number of aromatic amines is 1. The van der Waals surface area contributed by atoms with E-state index in [0.717, 1.165) is 6.07 Å². The van der Waals surface area contributed by atoms with Crippen LogP contribution in [0.3, 0.4) is 0 Å². The van der Waals surface area contributed by atoms with Crippen molar-refractivity contribution in [2.45, 2.75) is 0 Å². The molecule has 3 nitrogen and oxygen atoms in total. The zero-order chi connectivity index (χ0) is 15.1. The Morgan fingerprint density at radius 3 is 2.52 bits per heavy atom. The highest BCUT2D eigenvalue weighted by Gasteiger charge is 2.19. The van der Waals surface area contributed by atoms with Gasteiger partial charge in [0.15, 0.2) is 5.78 Å². The smallest absolute Gasteiger partial charge is 0.198 e. The summed E-state index contributed by atoms with van der Waals surface area (Å²) < 4.78 is 40.0. The predicted octanol–water partition coefficient (Wildman–Crippen LogP) is 3.40. The third kappa shape index (κ3) is 2.14. The third-order valence-corrected chi connectivity index (χ3v) is 3.22. The van der Waals surface area contributed by atoms with E-state index in [4.69, 9.17) is 5.73 Å². The van der Waals surface area contributed by atoms with Gasteiger partial charge in [0.05, 0.1) is 11.3 Å². The summed E-state index contributed by atoms with van der Waals surface area (Å²) in [5.74, 6) is -3.04. The lowest BCUT2D eigenvalue weighted by molar-refractivity contribution is 0.103. The topological polar surface area (TPSA) is 58.9 Å². The second-order valence-electron chi connectivity index (χ2n) is 4.57. The molecule has 0 amide bonds. The van der Waals surface area contributed by atoms with Gasteiger partial charge in [0, 0.05) is 28.7 Å². The van der Waals surface area contributed by atoms with Gasteiger partial charge in [0.1, 0.15) is 17.5 Å². The summed E-state index contributed by atoms with van der Waals surface area (Å²) >= 11 is 0. The van der Waals surface area contributed by atoms with Crippen LogP contribution in [0.15, 0.2) is 36.5 Å². The van der Waals surface area contributed by atoms with Crippen LogP contribution in [0.5, 0.6) is 0 Å². The maximum atomic E-state index is 13.8. The number of H-pyrrole nitrogens is 1. The SMILES string of the molecule is Nc1cc(C(=O)c2c[nH]c3cc(F)ccc23)c(F)cc1F. The molecule has 0 fully saturated rings. The number of nitrogens with one attached hydrogen (secondary N) is 1. The van der Waals surface area contributed by atoms with Gasteiger partial charge in [-0.3, -0.25) is 4.79 Å². The Bertz CT molecular complexity index is 871. The maximum absolute atomic E-state index is 13.8. The number of fused-ring (bicyclic) bond motifs is 1. The van der Waals surface area contributed by atoms with Crippen LogP contribution >= 0.6 is 0 Å². The Kier molecular flexibility index (Phi) is 2.94. The Hall–Kier alpha value is -2.76. The van der Waals surface area contributed by atoms with Gasteiger partial charge in [-0.2, -0.15) is 0 Å². The molecule has 0 aliphatic carbocycles. The van der Waals surface area contributed by atoms with E-state index >= 15 is 0 Å². The van der Waals surface area contributed by atoms with Crippen molar-refractivity contribution in [2.24, 2.45) is 0 Å². The molecule has 1 heterocycles. The van der Waals surface area contributed by atoms with Crippen molar-refractivity contribution in [2.75, 3.05) is 5.73 Å². The first-order valence-corrected chi connectivity index (χ1v) is 6.03. The fourth-order valence-corrected chi connectivity index (χ4v) is 2.17. The molecule has 0 unspecified atom stereocenters. The zero-order valence-corrected chi connectivity index (χ0v) is 10.6. The number of hydrogen-bond acceptors (Lipinski definition) is 2. The molecule has 0 atom stereocenters. The molecule has 1 aromatic heterocycles. The van der Waals surface area contributed by atoms with Gasteiger partial charge in [0.25, 0.3) is 0 Å². The molecule has 0 saturated carbocycles. The largest absolute Gasteiger partial charge is 0.396 e. The number of carbonyl (C=O) groups is 1. The van der Waals surface area contributed by atoms with E-state index in [1.54, 1.807) is 0 Å². The fraction of sp³-hybridized carbons (Fsp3) is 0. The minimum Gasteiger partial charge on any atom is -0.396 e. The molecule has 0 saturated heterocycles. The standard InChI is InChI=1S/C15H9F3N2O/c16-7-1-2-8-10(6-20-14(8)3-7)15(21)9-4-13(19)12(18)5-11(9)17/h1-6,20H,19H2. The van der Waals surface area contributed by atoms with Gasteiger partial charge in [-0.05, 0) is 24.3 Å². The molecule has 3 N–H and O–H groups in total. The Morgan fingerprint density at radius 2 is 1.76 bits per heavy atom. The molecule has 3 rings (SSSR count). The van der Waals surface area contributed by atoms with Crippen molar-refractivity contribution in [1.82, 2.24) is 4.98 Å². The molecule has 0 bridgehead atoms. The van der Waals surface area contributed by atoms with Crippen molar-refractivity contribution >= 4 is 22.4 Å². The number of rotatable bonds is 2. The molecule has 2 aromatic carbocycles. The van der Waals surface area contributed by atoms with Gasteiger partial charge in [-0.25, -0.2) is 13.2 Å². The predicted molar refractivity (Wildman–Crippen MR) is 72.5 cm³/mol. The average Bonchev–Trinajstić information content (AvgIpc) is 2.85. The summed E-state index contributed by atoms with van der Waals surface area (Å²) in [7, 11) is 0. The van der Waals surface area contributed by atoms with E-state index in [-0.39, 0.29) is 16.8 Å².